The first kappa shape index (κ1) is 9.74. The molecule has 0 aromatic carbocycles. The Hall–Kier alpha value is -1.26. The molecule has 0 rings (SSSR count). The second-order valence-corrected chi connectivity index (χ2v) is 1.66. The normalized spacial score (nSPS) is 13.7. The van der Waals surface area contributed by atoms with Crippen LogP contribution in [-0.4, -0.2) is 12.9 Å². The van der Waals surface area contributed by atoms with Crippen molar-refractivity contribution < 1.29 is 13.2 Å². The van der Waals surface area contributed by atoms with Crippen LogP contribution < -0.4 is 5.73 Å². The Balaban J connectivity index is 4.95. The van der Waals surface area contributed by atoms with Gasteiger partial charge in [0.15, 0.2) is 0 Å². The molecule has 0 bridgehead atoms. The highest BCUT2D eigenvalue weighted by atomic mass is 19.4. The maximum Gasteiger partial charge on any atom is 0.419 e. The Morgan fingerprint density at radius 3 is 2.00 bits per heavy atom. The first-order valence-corrected chi connectivity index (χ1v) is 2.59. The number of alkyl halides is 3. The minimum atomic E-state index is -4.51. The van der Waals surface area contributed by atoms with Crippen LogP contribution in [0.1, 0.15) is 0 Å². The van der Waals surface area contributed by atoms with E-state index in [-0.39, 0.29) is 0 Å². The van der Waals surface area contributed by atoms with Gasteiger partial charge in [-0.1, -0.05) is 12.7 Å². The molecule has 0 heterocycles. The topological polar surface area (TPSA) is 38.4 Å². The maximum atomic E-state index is 11.9. The SMILES string of the molecule is C=C/C(=C(/N)N=C)C(F)(F)F. The summed E-state index contributed by atoms with van der Waals surface area (Å²) in [5.41, 5.74) is 3.81. The quantitative estimate of drug-likeness (QED) is 0.488. The standard InChI is InChI=1S/C6H7F3N2/c1-3-4(5(10)11-2)6(7,8)9/h3H,1-2,10H2/b5-4+. The number of nitrogens with zero attached hydrogens (tertiary/aromatic N) is 1. The summed E-state index contributed by atoms with van der Waals surface area (Å²) in [5, 5.41) is 0. The summed E-state index contributed by atoms with van der Waals surface area (Å²) in [7, 11) is 0. The average molecular weight is 164 g/mol. The van der Waals surface area contributed by atoms with Crippen LogP contribution in [0.2, 0.25) is 0 Å². The monoisotopic (exact) mass is 164 g/mol. The van der Waals surface area contributed by atoms with Gasteiger partial charge < -0.3 is 5.73 Å². The average Bonchev–Trinajstić information content (AvgIpc) is 1.86. The fraction of sp³-hybridized carbons (Fsp3) is 0.167. The van der Waals surface area contributed by atoms with Gasteiger partial charge in [-0.15, -0.1) is 0 Å². The predicted molar refractivity (Wildman–Crippen MR) is 37.0 cm³/mol. The van der Waals surface area contributed by atoms with E-state index in [9.17, 15) is 13.2 Å². The lowest BCUT2D eigenvalue weighted by Crippen LogP contribution is -2.15. The van der Waals surface area contributed by atoms with E-state index in [0.717, 1.165) is 0 Å². The molecule has 0 amide bonds. The van der Waals surface area contributed by atoms with Gasteiger partial charge in [-0.3, -0.25) is 0 Å². The zero-order valence-corrected chi connectivity index (χ0v) is 5.65. The summed E-state index contributed by atoms with van der Waals surface area (Å²) >= 11 is 0. The van der Waals surface area contributed by atoms with E-state index < -0.39 is 17.6 Å². The molecular formula is C6H7F3N2. The van der Waals surface area contributed by atoms with Gasteiger partial charge in [0.1, 0.15) is 5.82 Å². The zero-order valence-electron chi connectivity index (χ0n) is 5.65. The molecule has 62 valence electrons. The molecule has 0 saturated heterocycles. The summed E-state index contributed by atoms with van der Waals surface area (Å²) < 4.78 is 35.6. The van der Waals surface area contributed by atoms with Crippen molar-refractivity contribution in [2.24, 2.45) is 10.7 Å². The van der Waals surface area contributed by atoms with Gasteiger partial charge in [-0.25, -0.2) is 4.99 Å². The van der Waals surface area contributed by atoms with E-state index in [1.165, 1.54) is 0 Å². The van der Waals surface area contributed by atoms with Crippen LogP contribution in [0.5, 0.6) is 0 Å². The van der Waals surface area contributed by atoms with Crippen LogP contribution in [0.4, 0.5) is 13.2 Å². The van der Waals surface area contributed by atoms with Gasteiger partial charge in [0.2, 0.25) is 0 Å². The van der Waals surface area contributed by atoms with Gasteiger partial charge in [0.25, 0.3) is 0 Å². The molecule has 0 aromatic rings. The van der Waals surface area contributed by atoms with Crippen molar-refractivity contribution in [2.75, 3.05) is 0 Å². The third-order valence-corrected chi connectivity index (χ3v) is 0.956. The molecule has 0 aliphatic carbocycles. The molecular weight excluding hydrogens is 157 g/mol. The summed E-state index contributed by atoms with van der Waals surface area (Å²) in [6, 6.07) is 0. The van der Waals surface area contributed by atoms with Crippen molar-refractivity contribution in [3.05, 3.63) is 24.0 Å². The Bertz CT molecular complexity index is 202. The summed E-state index contributed by atoms with van der Waals surface area (Å²) in [6.07, 6.45) is -3.91. The molecule has 0 atom stereocenters. The van der Waals surface area contributed by atoms with Crippen molar-refractivity contribution >= 4 is 6.72 Å². The minimum absolute atomic E-state index is 0.601. The molecule has 11 heavy (non-hydrogen) atoms. The molecule has 0 radical (unpaired) electrons. The summed E-state index contributed by atoms with van der Waals surface area (Å²) in [4.78, 5) is 2.94. The van der Waals surface area contributed by atoms with Crippen LogP contribution in [0, 0.1) is 0 Å². The number of rotatable bonds is 2. The molecule has 0 fully saturated rings. The second-order valence-electron chi connectivity index (χ2n) is 1.66. The second kappa shape index (κ2) is 3.23. The first-order valence-electron chi connectivity index (χ1n) is 2.59. The van der Waals surface area contributed by atoms with E-state index >= 15 is 0 Å². The zero-order chi connectivity index (χ0) is 9.07. The van der Waals surface area contributed by atoms with Crippen molar-refractivity contribution in [3.63, 3.8) is 0 Å². The maximum absolute atomic E-state index is 11.9. The van der Waals surface area contributed by atoms with Crippen LogP contribution in [0.15, 0.2) is 29.0 Å². The van der Waals surface area contributed by atoms with E-state index in [0.29, 0.717) is 6.08 Å². The summed E-state index contributed by atoms with van der Waals surface area (Å²) in [6.45, 7) is 5.81. The van der Waals surface area contributed by atoms with Crippen molar-refractivity contribution in [2.45, 2.75) is 6.18 Å². The number of hydrogen-bond acceptors (Lipinski definition) is 2. The van der Waals surface area contributed by atoms with E-state index in [2.05, 4.69) is 18.3 Å². The Labute approximate surface area is 61.9 Å². The highest BCUT2D eigenvalue weighted by molar-refractivity contribution is 5.34. The van der Waals surface area contributed by atoms with Crippen LogP contribution in [-0.2, 0) is 0 Å². The van der Waals surface area contributed by atoms with Gasteiger partial charge in [-0.05, 0) is 6.72 Å². The fourth-order valence-corrected chi connectivity index (χ4v) is 0.451. The lowest BCUT2D eigenvalue weighted by Gasteiger charge is -2.07. The number of aliphatic imine (C=N–C) groups is 1. The fourth-order valence-electron chi connectivity index (χ4n) is 0.451. The molecule has 2 N–H and O–H groups in total. The Kier molecular flexibility index (Phi) is 2.86. The number of halogens is 3. The minimum Gasteiger partial charge on any atom is -0.383 e. The lowest BCUT2D eigenvalue weighted by atomic mass is 10.2. The number of allylic oxidation sites excluding steroid dienone is 2. The smallest absolute Gasteiger partial charge is 0.383 e. The number of nitrogens with two attached hydrogens (primary N) is 1. The van der Waals surface area contributed by atoms with E-state index in [1.807, 2.05) is 0 Å². The lowest BCUT2D eigenvalue weighted by molar-refractivity contribution is -0.0890. The van der Waals surface area contributed by atoms with Gasteiger partial charge in [0.05, 0.1) is 5.57 Å². The van der Waals surface area contributed by atoms with Crippen molar-refractivity contribution in [1.29, 1.82) is 0 Å². The van der Waals surface area contributed by atoms with Gasteiger partial charge in [0, 0.05) is 0 Å². The first-order chi connectivity index (χ1) is 4.93. The molecule has 2 nitrogen and oxygen atoms in total. The predicted octanol–water partition coefficient (Wildman–Crippen LogP) is 1.61. The Morgan fingerprint density at radius 1 is 1.45 bits per heavy atom. The Morgan fingerprint density at radius 2 is 1.91 bits per heavy atom. The van der Waals surface area contributed by atoms with Gasteiger partial charge >= 0.3 is 6.18 Å². The molecule has 0 aliphatic rings. The van der Waals surface area contributed by atoms with E-state index in [1.54, 1.807) is 0 Å². The third-order valence-electron chi connectivity index (χ3n) is 0.956. The number of hydrogen-bond donors (Lipinski definition) is 1. The molecule has 0 aromatic heterocycles. The van der Waals surface area contributed by atoms with E-state index in [4.69, 9.17) is 5.73 Å². The summed E-state index contributed by atoms with van der Waals surface area (Å²) in [5.74, 6) is -0.660. The molecule has 0 saturated carbocycles. The van der Waals surface area contributed by atoms with Crippen LogP contribution >= 0.6 is 0 Å². The highest BCUT2D eigenvalue weighted by Gasteiger charge is 2.33. The molecule has 0 spiro atoms. The van der Waals surface area contributed by atoms with Gasteiger partial charge in [-0.2, -0.15) is 13.2 Å². The molecule has 5 heteroatoms. The molecule has 0 unspecified atom stereocenters. The van der Waals surface area contributed by atoms with Crippen LogP contribution in [0.3, 0.4) is 0 Å². The molecule has 0 aliphatic heterocycles. The van der Waals surface area contributed by atoms with Crippen molar-refractivity contribution in [1.82, 2.24) is 0 Å². The third kappa shape index (κ3) is 2.45. The van der Waals surface area contributed by atoms with Crippen molar-refractivity contribution in [3.8, 4) is 0 Å². The highest BCUT2D eigenvalue weighted by Crippen LogP contribution is 2.27. The van der Waals surface area contributed by atoms with Crippen LogP contribution in [0.25, 0.3) is 0 Å². The largest absolute Gasteiger partial charge is 0.419 e.